The van der Waals surface area contributed by atoms with Gasteiger partial charge in [-0.05, 0) is 6.42 Å². The van der Waals surface area contributed by atoms with Crippen molar-refractivity contribution in [2.24, 2.45) is 0 Å². The number of hydrogen-bond donors (Lipinski definition) is 1. The maximum Gasteiger partial charge on any atom is 0.413 e. The third kappa shape index (κ3) is 2.55. The molecule has 0 radical (unpaired) electrons. The van der Waals surface area contributed by atoms with Crippen molar-refractivity contribution in [1.29, 1.82) is 0 Å². The molecule has 0 saturated carbocycles. The maximum atomic E-state index is 11.5. The van der Waals surface area contributed by atoms with Gasteiger partial charge in [0.2, 0.25) is 0 Å². The first-order valence-electron chi connectivity index (χ1n) is 4.41. The van der Waals surface area contributed by atoms with Crippen molar-refractivity contribution in [3.05, 3.63) is 11.6 Å². The van der Waals surface area contributed by atoms with Gasteiger partial charge in [-0.3, -0.25) is 14.9 Å². The van der Waals surface area contributed by atoms with E-state index < -0.39 is 12.0 Å². The fourth-order valence-corrected chi connectivity index (χ4v) is 1.20. The minimum Gasteiger partial charge on any atom is -0.453 e. The maximum absolute atomic E-state index is 11.5. The highest BCUT2D eigenvalue weighted by Crippen LogP contribution is 2.09. The Labute approximate surface area is 86.9 Å². The van der Waals surface area contributed by atoms with E-state index in [-0.39, 0.29) is 11.5 Å². The Bertz CT molecular complexity index is 335. The molecular weight excluding hydrogens is 200 g/mol. The normalized spacial score (nSPS) is 15.7. The van der Waals surface area contributed by atoms with E-state index in [4.69, 9.17) is 0 Å². The Balaban J connectivity index is 2.71. The summed E-state index contributed by atoms with van der Waals surface area (Å²) in [5.74, 6) is -1.11. The van der Waals surface area contributed by atoms with Crippen LogP contribution in [0.2, 0.25) is 0 Å². The van der Waals surface area contributed by atoms with Crippen molar-refractivity contribution in [3.8, 4) is 0 Å². The third-order valence-corrected chi connectivity index (χ3v) is 2.04. The number of imide groups is 1. The molecule has 0 aromatic rings. The van der Waals surface area contributed by atoms with E-state index >= 15 is 0 Å². The van der Waals surface area contributed by atoms with Gasteiger partial charge < -0.3 is 9.64 Å². The number of nitrogens with zero attached hydrogens (tertiary/aromatic N) is 1. The zero-order valence-corrected chi connectivity index (χ0v) is 8.57. The fraction of sp³-hybridized carbons (Fsp3) is 0.444. The van der Waals surface area contributed by atoms with E-state index in [0.717, 1.165) is 7.11 Å². The molecule has 1 rings (SSSR count). The molecule has 0 aromatic heterocycles. The lowest BCUT2D eigenvalue weighted by atomic mass is 10.1. The van der Waals surface area contributed by atoms with Crippen LogP contribution >= 0.6 is 0 Å². The van der Waals surface area contributed by atoms with E-state index in [2.05, 4.69) is 4.74 Å². The number of rotatable bonds is 1. The average Bonchev–Trinajstić information content (AvgIpc) is 2.21. The van der Waals surface area contributed by atoms with E-state index in [9.17, 15) is 14.4 Å². The molecule has 0 atom stereocenters. The summed E-state index contributed by atoms with van der Waals surface area (Å²) in [4.78, 5) is 35.0. The van der Waals surface area contributed by atoms with E-state index in [1.807, 2.05) is 5.32 Å². The molecular formula is C9H12N2O4. The molecule has 0 unspecified atom stereocenters. The number of carbonyl (C=O) groups excluding carboxylic acids is 3. The average molecular weight is 212 g/mol. The third-order valence-electron chi connectivity index (χ3n) is 2.04. The molecule has 0 fully saturated rings. The highest BCUT2D eigenvalue weighted by Gasteiger charge is 2.25. The van der Waals surface area contributed by atoms with Gasteiger partial charge in [0.15, 0.2) is 0 Å². The van der Waals surface area contributed by atoms with Crippen LogP contribution in [0.3, 0.4) is 0 Å². The molecule has 1 heterocycles. The van der Waals surface area contributed by atoms with Crippen LogP contribution in [0.4, 0.5) is 4.79 Å². The Morgan fingerprint density at radius 2 is 2.20 bits per heavy atom. The molecule has 6 heteroatoms. The highest BCUT2D eigenvalue weighted by atomic mass is 16.5. The quantitative estimate of drug-likeness (QED) is 0.603. The van der Waals surface area contributed by atoms with Gasteiger partial charge in [-0.2, -0.15) is 0 Å². The second-order valence-electron chi connectivity index (χ2n) is 3.08. The molecule has 15 heavy (non-hydrogen) atoms. The van der Waals surface area contributed by atoms with Crippen LogP contribution in [0.15, 0.2) is 11.6 Å². The van der Waals surface area contributed by atoms with Gasteiger partial charge in [0.25, 0.3) is 11.8 Å². The summed E-state index contributed by atoms with van der Waals surface area (Å²) in [5.41, 5.74) is -0.0193. The van der Waals surface area contributed by atoms with Crippen LogP contribution in [-0.2, 0) is 14.3 Å². The van der Waals surface area contributed by atoms with Crippen LogP contribution in [0.1, 0.15) is 6.42 Å². The van der Waals surface area contributed by atoms with Crippen LogP contribution in [0, 0.1) is 0 Å². The summed E-state index contributed by atoms with van der Waals surface area (Å²) in [6, 6.07) is 0. The van der Waals surface area contributed by atoms with E-state index in [1.165, 1.54) is 11.0 Å². The predicted molar refractivity (Wildman–Crippen MR) is 50.9 cm³/mol. The van der Waals surface area contributed by atoms with Crippen LogP contribution in [0.5, 0.6) is 0 Å². The number of alkyl carbamates (subject to hydrolysis) is 1. The van der Waals surface area contributed by atoms with Crippen molar-refractivity contribution in [3.63, 3.8) is 0 Å². The number of hydrogen-bond acceptors (Lipinski definition) is 4. The lowest BCUT2D eigenvalue weighted by molar-refractivity contribution is -0.129. The number of methoxy groups -OCH3 is 1. The number of likely N-dealkylation sites (N-methyl/N-ethyl adjacent to an activating group) is 1. The standard InChI is InChI=1S/C9H12N2O4/c1-11-5-3-4-6(8(11)13)7(12)10-9(14)15-2/h4H,3,5H2,1-2H3,(H,10,12,14). The number of ether oxygens (including phenoxy) is 1. The molecule has 0 spiro atoms. The molecule has 3 amide bonds. The minimum atomic E-state index is -0.873. The smallest absolute Gasteiger partial charge is 0.413 e. The lowest BCUT2D eigenvalue weighted by Crippen LogP contribution is -2.40. The fourth-order valence-electron chi connectivity index (χ4n) is 1.20. The van der Waals surface area contributed by atoms with Gasteiger partial charge >= 0.3 is 6.09 Å². The largest absolute Gasteiger partial charge is 0.453 e. The molecule has 0 aliphatic carbocycles. The molecule has 1 aliphatic heterocycles. The summed E-state index contributed by atoms with van der Waals surface area (Å²) >= 11 is 0. The number of nitrogens with one attached hydrogen (secondary N) is 1. The topological polar surface area (TPSA) is 75.7 Å². The van der Waals surface area contributed by atoms with Crippen LogP contribution in [0.25, 0.3) is 0 Å². The van der Waals surface area contributed by atoms with Crippen molar-refractivity contribution >= 4 is 17.9 Å². The zero-order valence-electron chi connectivity index (χ0n) is 8.57. The minimum absolute atomic E-state index is 0.0193. The van der Waals surface area contributed by atoms with Crippen LogP contribution in [-0.4, -0.2) is 43.5 Å². The predicted octanol–water partition coefficient (Wildman–Crippen LogP) is -0.343. The molecule has 82 valence electrons. The Morgan fingerprint density at radius 1 is 1.53 bits per heavy atom. The summed E-state index contributed by atoms with van der Waals surface area (Å²) in [5, 5.41) is 1.93. The molecule has 1 N–H and O–H groups in total. The van der Waals surface area contributed by atoms with Gasteiger partial charge in [0.05, 0.1) is 7.11 Å². The summed E-state index contributed by atoms with van der Waals surface area (Å²) in [6.07, 6.45) is 1.24. The number of carbonyl (C=O) groups is 3. The molecule has 6 nitrogen and oxygen atoms in total. The van der Waals surface area contributed by atoms with E-state index in [1.54, 1.807) is 7.05 Å². The van der Waals surface area contributed by atoms with Crippen LogP contribution < -0.4 is 5.32 Å². The Hall–Kier alpha value is -1.85. The Morgan fingerprint density at radius 3 is 2.80 bits per heavy atom. The second-order valence-corrected chi connectivity index (χ2v) is 3.08. The van der Waals surface area contributed by atoms with Gasteiger partial charge in [0.1, 0.15) is 5.57 Å². The SMILES string of the molecule is COC(=O)NC(=O)C1=CCCN(C)C1=O. The monoisotopic (exact) mass is 212 g/mol. The summed E-state index contributed by atoms with van der Waals surface area (Å²) in [7, 11) is 2.74. The van der Waals surface area contributed by atoms with Gasteiger partial charge in [-0.25, -0.2) is 4.79 Å². The molecule has 0 bridgehead atoms. The Kier molecular flexibility index (Phi) is 3.43. The van der Waals surface area contributed by atoms with E-state index in [0.29, 0.717) is 13.0 Å². The molecule has 0 saturated heterocycles. The van der Waals surface area contributed by atoms with Crippen molar-refractivity contribution < 1.29 is 19.1 Å². The van der Waals surface area contributed by atoms with Gasteiger partial charge in [0, 0.05) is 13.6 Å². The first-order valence-corrected chi connectivity index (χ1v) is 4.41. The second kappa shape index (κ2) is 4.59. The number of amides is 3. The molecule has 1 aliphatic rings. The van der Waals surface area contributed by atoms with Gasteiger partial charge in [-0.15, -0.1) is 0 Å². The lowest BCUT2D eigenvalue weighted by Gasteiger charge is -2.21. The summed E-state index contributed by atoms with van der Waals surface area (Å²) in [6.45, 7) is 0.577. The zero-order chi connectivity index (χ0) is 11.4. The highest BCUT2D eigenvalue weighted by molar-refractivity contribution is 6.21. The van der Waals surface area contributed by atoms with Gasteiger partial charge in [-0.1, -0.05) is 6.08 Å². The first-order chi connectivity index (χ1) is 7.06. The summed E-state index contributed by atoms with van der Waals surface area (Å²) < 4.78 is 4.25. The van der Waals surface area contributed by atoms with Crippen molar-refractivity contribution in [2.75, 3.05) is 20.7 Å². The first kappa shape index (κ1) is 11.2. The van der Waals surface area contributed by atoms with Crippen molar-refractivity contribution in [2.45, 2.75) is 6.42 Å². The molecule has 0 aromatic carbocycles. The van der Waals surface area contributed by atoms with Crippen molar-refractivity contribution in [1.82, 2.24) is 10.2 Å².